The SMILES string of the molecule is CCOC(=O)C(C)(CC(C)C)NCC1CCCO1. The Kier molecular flexibility index (Phi) is 6.09. The minimum atomic E-state index is -0.601. The van der Waals surface area contributed by atoms with Crippen LogP contribution in [0.1, 0.15) is 47.0 Å². The van der Waals surface area contributed by atoms with Gasteiger partial charge in [0.1, 0.15) is 5.54 Å². The zero-order valence-corrected chi connectivity index (χ0v) is 12.1. The van der Waals surface area contributed by atoms with E-state index in [1.807, 2.05) is 13.8 Å². The maximum Gasteiger partial charge on any atom is 0.326 e. The molecule has 0 aromatic heterocycles. The largest absolute Gasteiger partial charge is 0.465 e. The van der Waals surface area contributed by atoms with Crippen LogP contribution < -0.4 is 5.32 Å². The number of carbonyl (C=O) groups excluding carboxylic acids is 1. The molecule has 4 nitrogen and oxygen atoms in total. The van der Waals surface area contributed by atoms with Crippen molar-refractivity contribution in [3.8, 4) is 0 Å². The zero-order valence-electron chi connectivity index (χ0n) is 12.1. The van der Waals surface area contributed by atoms with Gasteiger partial charge in [0.15, 0.2) is 0 Å². The average Bonchev–Trinajstić information content (AvgIpc) is 2.78. The summed E-state index contributed by atoms with van der Waals surface area (Å²) in [5.41, 5.74) is -0.601. The van der Waals surface area contributed by atoms with Gasteiger partial charge in [-0.05, 0) is 39.0 Å². The van der Waals surface area contributed by atoms with E-state index in [1.54, 1.807) is 0 Å². The number of carbonyl (C=O) groups is 1. The van der Waals surface area contributed by atoms with Crippen molar-refractivity contribution in [1.29, 1.82) is 0 Å². The van der Waals surface area contributed by atoms with Crippen molar-refractivity contribution in [2.24, 2.45) is 5.92 Å². The highest BCUT2D eigenvalue weighted by atomic mass is 16.5. The molecule has 106 valence electrons. The first kappa shape index (κ1) is 15.4. The van der Waals surface area contributed by atoms with Gasteiger partial charge in [-0.2, -0.15) is 0 Å². The first-order valence-electron chi connectivity index (χ1n) is 7.01. The molecule has 4 heteroatoms. The fourth-order valence-electron chi connectivity index (χ4n) is 2.48. The van der Waals surface area contributed by atoms with Gasteiger partial charge >= 0.3 is 5.97 Å². The molecule has 1 aliphatic rings. The summed E-state index contributed by atoms with van der Waals surface area (Å²) in [5.74, 6) is 0.285. The van der Waals surface area contributed by atoms with Crippen LogP contribution >= 0.6 is 0 Å². The quantitative estimate of drug-likeness (QED) is 0.710. The lowest BCUT2D eigenvalue weighted by Gasteiger charge is -2.31. The summed E-state index contributed by atoms with van der Waals surface area (Å²) in [6.07, 6.45) is 3.21. The fourth-order valence-corrected chi connectivity index (χ4v) is 2.48. The van der Waals surface area contributed by atoms with Gasteiger partial charge in [0, 0.05) is 13.2 Å². The summed E-state index contributed by atoms with van der Waals surface area (Å²) >= 11 is 0. The summed E-state index contributed by atoms with van der Waals surface area (Å²) in [4.78, 5) is 12.1. The maximum atomic E-state index is 12.1. The number of nitrogens with one attached hydrogen (secondary N) is 1. The average molecular weight is 257 g/mol. The van der Waals surface area contributed by atoms with Crippen LogP contribution in [0.25, 0.3) is 0 Å². The molecule has 0 radical (unpaired) electrons. The van der Waals surface area contributed by atoms with Gasteiger partial charge in [0.25, 0.3) is 0 Å². The van der Waals surface area contributed by atoms with E-state index < -0.39 is 5.54 Å². The first-order chi connectivity index (χ1) is 8.48. The number of ether oxygens (including phenoxy) is 2. The van der Waals surface area contributed by atoms with E-state index in [1.165, 1.54) is 0 Å². The number of hydrogen-bond donors (Lipinski definition) is 1. The highest BCUT2D eigenvalue weighted by molar-refractivity contribution is 5.80. The standard InChI is InChI=1S/C14H27NO3/c1-5-17-13(16)14(4,9-11(2)3)15-10-12-7-6-8-18-12/h11-12,15H,5-10H2,1-4H3. The third-order valence-corrected chi connectivity index (χ3v) is 3.29. The van der Waals surface area contributed by atoms with Gasteiger partial charge < -0.3 is 9.47 Å². The second-order valence-corrected chi connectivity index (χ2v) is 5.67. The van der Waals surface area contributed by atoms with E-state index in [9.17, 15) is 4.79 Å². The molecule has 1 N–H and O–H groups in total. The Balaban J connectivity index is 2.54. The van der Waals surface area contributed by atoms with Gasteiger partial charge in [0.05, 0.1) is 12.7 Å². The highest BCUT2D eigenvalue weighted by Gasteiger charge is 2.35. The second kappa shape index (κ2) is 7.10. The highest BCUT2D eigenvalue weighted by Crippen LogP contribution is 2.20. The molecule has 1 rings (SSSR count). The van der Waals surface area contributed by atoms with Gasteiger partial charge in [-0.25, -0.2) is 0 Å². The van der Waals surface area contributed by atoms with Crippen molar-refractivity contribution >= 4 is 5.97 Å². The van der Waals surface area contributed by atoms with E-state index >= 15 is 0 Å². The van der Waals surface area contributed by atoms with Crippen molar-refractivity contribution in [3.63, 3.8) is 0 Å². The lowest BCUT2D eigenvalue weighted by Crippen LogP contribution is -2.53. The second-order valence-electron chi connectivity index (χ2n) is 5.67. The molecule has 1 saturated heterocycles. The van der Waals surface area contributed by atoms with Gasteiger partial charge in [0.2, 0.25) is 0 Å². The normalized spacial score (nSPS) is 23.1. The van der Waals surface area contributed by atoms with Crippen molar-refractivity contribution < 1.29 is 14.3 Å². The predicted octanol–water partition coefficient (Wildman–Crippen LogP) is 2.12. The Labute approximate surface area is 110 Å². The monoisotopic (exact) mass is 257 g/mol. The molecular weight excluding hydrogens is 230 g/mol. The fraction of sp³-hybridized carbons (Fsp3) is 0.929. The summed E-state index contributed by atoms with van der Waals surface area (Å²) in [5, 5.41) is 3.35. The van der Waals surface area contributed by atoms with Crippen molar-refractivity contribution in [1.82, 2.24) is 5.32 Å². The summed E-state index contributed by atoms with van der Waals surface area (Å²) in [6, 6.07) is 0. The van der Waals surface area contributed by atoms with Crippen LogP contribution in [-0.2, 0) is 14.3 Å². The smallest absolute Gasteiger partial charge is 0.326 e. The Morgan fingerprint density at radius 3 is 2.78 bits per heavy atom. The van der Waals surface area contributed by atoms with E-state index in [0.717, 1.165) is 32.4 Å². The lowest BCUT2D eigenvalue weighted by atomic mass is 9.90. The van der Waals surface area contributed by atoms with E-state index in [-0.39, 0.29) is 12.1 Å². The first-order valence-corrected chi connectivity index (χ1v) is 7.01. The minimum absolute atomic E-state index is 0.156. The Morgan fingerprint density at radius 2 is 2.28 bits per heavy atom. The van der Waals surface area contributed by atoms with E-state index in [4.69, 9.17) is 9.47 Å². The Hall–Kier alpha value is -0.610. The van der Waals surface area contributed by atoms with Crippen LogP contribution in [0.3, 0.4) is 0 Å². The van der Waals surface area contributed by atoms with Crippen molar-refractivity contribution in [2.75, 3.05) is 19.8 Å². The molecular formula is C14H27NO3. The summed E-state index contributed by atoms with van der Waals surface area (Å²) < 4.78 is 10.8. The number of rotatable bonds is 7. The van der Waals surface area contributed by atoms with E-state index in [0.29, 0.717) is 12.5 Å². The maximum absolute atomic E-state index is 12.1. The van der Waals surface area contributed by atoms with Gasteiger partial charge in [-0.15, -0.1) is 0 Å². The summed E-state index contributed by atoms with van der Waals surface area (Å²) in [6.45, 7) is 9.99. The van der Waals surface area contributed by atoms with Crippen LogP contribution in [0, 0.1) is 5.92 Å². The molecule has 0 saturated carbocycles. The Bertz CT molecular complexity index is 262. The molecule has 0 bridgehead atoms. The molecule has 1 heterocycles. The lowest BCUT2D eigenvalue weighted by molar-refractivity contribution is -0.151. The van der Waals surface area contributed by atoms with Gasteiger partial charge in [-0.1, -0.05) is 13.8 Å². The van der Waals surface area contributed by atoms with Crippen LogP contribution in [0.4, 0.5) is 0 Å². The number of hydrogen-bond acceptors (Lipinski definition) is 4. The van der Waals surface area contributed by atoms with Gasteiger partial charge in [-0.3, -0.25) is 10.1 Å². The molecule has 0 amide bonds. The van der Waals surface area contributed by atoms with Crippen LogP contribution in [-0.4, -0.2) is 37.4 Å². The van der Waals surface area contributed by atoms with Crippen LogP contribution in [0.5, 0.6) is 0 Å². The van der Waals surface area contributed by atoms with E-state index in [2.05, 4.69) is 19.2 Å². The van der Waals surface area contributed by atoms with Crippen molar-refractivity contribution in [3.05, 3.63) is 0 Å². The molecule has 1 aliphatic heterocycles. The topological polar surface area (TPSA) is 47.6 Å². The number of esters is 1. The molecule has 0 spiro atoms. The Morgan fingerprint density at radius 1 is 1.56 bits per heavy atom. The third-order valence-electron chi connectivity index (χ3n) is 3.29. The third kappa shape index (κ3) is 4.58. The summed E-state index contributed by atoms with van der Waals surface area (Å²) in [7, 11) is 0. The molecule has 0 aliphatic carbocycles. The molecule has 0 aromatic carbocycles. The molecule has 0 aromatic rings. The zero-order chi connectivity index (χ0) is 13.6. The van der Waals surface area contributed by atoms with Crippen molar-refractivity contribution in [2.45, 2.75) is 58.6 Å². The predicted molar refractivity (Wildman–Crippen MR) is 71.5 cm³/mol. The molecule has 2 atom stereocenters. The molecule has 18 heavy (non-hydrogen) atoms. The minimum Gasteiger partial charge on any atom is -0.465 e. The molecule has 2 unspecified atom stereocenters. The molecule has 1 fully saturated rings. The van der Waals surface area contributed by atoms with Crippen LogP contribution in [0.15, 0.2) is 0 Å². The van der Waals surface area contributed by atoms with Crippen LogP contribution in [0.2, 0.25) is 0 Å².